The molecule has 0 fully saturated rings. The van der Waals surface area contributed by atoms with Crippen molar-refractivity contribution >= 4 is 23.4 Å². The van der Waals surface area contributed by atoms with Crippen LogP contribution in [0.5, 0.6) is 0 Å². The van der Waals surface area contributed by atoms with Gasteiger partial charge in [-0.05, 0) is 40.8 Å². The first-order valence-electron chi connectivity index (χ1n) is 7.24. The van der Waals surface area contributed by atoms with E-state index in [-0.39, 0.29) is 22.1 Å². The van der Waals surface area contributed by atoms with Crippen molar-refractivity contribution in [3.63, 3.8) is 0 Å². The maximum atomic E-state index is 14.2. The maximum absolute atomic E-state index is 14.2. The molecular formula is C15H23ClFN5O2. The zero-order chi connectivity index (χ0) is 18.7. The highest BCUT2D eigenvalue weighted by atomic mass is 35.5. The molecule has 5 N–H and O–H groups in total. The Bertz CT molecular complexity index is 645. The molecule has 0 bridgehead atoms. The zero-order valence-corrected chi connectivity index (χ0v) is 15.1. The fourth-order valence-electron chi connectivity index (χ4n) is 1.88. The van der Waals surface area contributed by atoms with Crippen LogP contribution in [0.15, 0.2) is 18.0 Å². The van der Waals surface area contributed by atoms with E-state index in [1.165, 1.54) is 12.3 Å². The molecule has 1 amide bonds. The summed E-state index contributed by atoms with van der Waals surface area (Å²) in [5.74, 6) is 5.09. The minimum Gasteiger partial charge on any atom is -0.442 e. The second kappa shape index (κ2) is 7.78. The zero-order valence-electron chi connectivity index (χ0n) is 14.4. The Kier molecular flexibility index (Phi) is 6.53. The quantitative estimate of drug-likeness (QED) is 0.329. The number of likely N-dealkylation sites (N-methyl/N-ethyl adjacent to an activating group) is 1. The second-order valence-electron chi connectivity index (χ2n) is 6.12. The number of hydrazine groups is 1. The molecule has 1 unspecified atom stereocenters. The van der Waals surface area contributed by atoms with Gasteiger partial charge in [0.2, 0.25) is 0 Å². The van der Waals surface area contributed by atoms with E-state index in [2.05, 4.69) is 10.3 Å². The van der Waals surface area contributed by atoms with E-state index in [9.17, 15) is 9.18 Å². The number of halogens is 2. The van der Waals surface area contributed by atoms with Crippen molar-refractivity contribution in [1.29, 1.82) is 0 Å². The normalized spacial score (nSPS) is 14.0. The van der Waals surface area contributed by atoms with E-state index < -0.39 is 23.6 Å². The summed E-state index contributed by atoms with van der Waals surface area (Å²) in [4.78, 5) is 15.9. The number of carbonyl (C=O) groups excluding carboxylic acids is 1. The summed E-state index contributed by atoms with van der Waals surface area (Å²) >= 11 is 5.69. The highest BCUT2D eigenvalue weighted by Gasteiger charge is 2.28. The molecular weight excluding hydrogens is 337 g/mol. The van der Waals surface area contributed by atoms with E-state index in [0.29, 0.717) is 0 Å². The fourth-order valence-corrected chi connectivity index (χ4v) is 2.04. The Hall–Kier alpha value is -1.90. The number of nitrogens with zero attached hydrogens (tertiary/aromatic N) is 2. The summed E-state index contributed by atoms with van der Waals surface area (Å²) in [6.07, 6.45) is 0.493. The van der Waals surface area contributed by atoms with E-state index in [4.69, 9.17) is 27.9 Å². The number of amides is 1. The van der Waals surface area contributed by atoms with Crippen molar-refractivity contribution in [2.45, 2.75) is 39.3 Å². The van der Waals surface area contributed by atoms with Crippen LogP contribution < -0.4 is 16.9 Å². The van der Waals surface area contributed by atoms with Crippen LogP contribution in [-0.2, 0) is 4.74 Å². The van der Waals surface area contributed by atoms with Crippen LogP contribution >= 0.6 is 11.6 Å². The van der Waals surface area contributed by atoms with Crippen molar-refractivity contribution in [2.75, 3.05) is 7.05 Å². The number of aromatic nitrogens is 1. The lowest BCUT2D eigenvalue weighted by Crippen LogP contribution is -2.46. The van der Waals surface area contributed by atoms with Gasteiger partial charge < -0.3 is 15.8 Å². The molecule has 0 aliphatic carbocycles. The molecule has 24 heavy (non-hydrogen) atoms. The average molecular weight is 360 g/mol. The smallest absolute Gasteiger partial charge is 0.429 e. The van der Waals surface area contributed by atoms with Gasteiger partial charge in [-0.25, -0.2) is 25.0 Å². The number of hydrogen-bond acceptors (Lipinski definition) is 6. The van der Waals surface area contributed by atoms with Gasteiger partial charge in [0.15, 0.2) is 11.0 Å². The SMILES string of the molecule is CNC(C)/C(=C(/N)c1ccnc(Cl)c1F)N(N)C(=O)OC(C)(C)C. The number of ether oxygens (including phenoxy) is 1. The molecule has 9 heteroatoms. The molecule has 1 heterocycles. The van der Waals surface area contributed by atoms with Crippen LogP contribution in [0, 0.1) is 5.82 Å². The van der Waals surface area contributed by atoms with E-state index >= 15 is 0 Å². The lowest BCUT2D eigenvalue weighted by atomic mass is 10.1. The number of nitrogens with one attached hydrogen (secondary N) is 1. The summed E-state index contributed by atoms with van der Waals surface area (Å²) in [5, 5.41) is 3.34. The Morgan fingerprint density at radius 2 is 2.08 bits per heavy atom. The Morgan fingerprint density at radius 1 is 1.50 bits per heavy atom. The van der Waals surface area contributed by atoms with Gasteiger partial charge in [-0.2, -0.15) is 0 Å². The monoisotopic (exact) mass is 359 g/mol. The fraction of sp³-hybridized carbons (Fsp3) is 0.467. The van der Waals surface area contributed by atoms with Crippen LogP contribution in [-0.4, -0.2) is 34.8 Å². The van der Waals surface area contributed by atoms with Crippen LogP contribution in [0.2, 0.25) is 5.15 Å². The third-order valence-electron chi connectivity index (χ3n) is 3.11. The summed E-state index contributed by atoms with van der Waals surface area (Å²) in [7, 11) is 1.65. The van der Waals surface area contributed by atoms with Gasteiger partial charge in [0, 0.05) is 17.8 Å². The topological polar surface area (TPSA) is 107 Å². The Labute approximate surface area is 145 Å². The predicted octanol–water partition coefficient (Wildman–Crippen LogP) is 2.22. The van der Waals surface area contributed by atoms with Crippen molar-refractivity contribution in [2.24, 2.45) is 11.6 Å². The van der Waals surface area contributed by atoms with Gasteiger partial charge in [-0.3, -0.25) is 0 Å². The number of nitrogens with two attached hydrogens (primary N) is 2. The minimum absolute atomic E-state index is 0.00823. The van der Waals surface area contributed by atoms with Gasteiger partial charge >= 0.3 is 6.09 Å². The van der Waals surface area contributed by atoms with Crippen LogP contribution in [0.1, 0.15) is 33.3 Å². The van der Waals surface area contributed by atoms with Gasteiger partial charge in [0.25, 0.3) is 0 Å². The largest absolute Gasteiger partial charge is 0.442 e. The third-order valence-corrected chi connectivity index (χ3v) is 3.37. The standard InChI is InChI=1S/C15H23ClFN5O2/c1-8(20-5)12(22(19)14(23)24-15(2,3)4)11(18)9-6-7-21-13(16)10(9)17/h6-8,20H,18-19H2,1-5H3/b12-11-. The van der Waals surface area contributed by atoms with Crippen molar-refractivity contribution in [3.8, 4) is 0 Å². The summed E-state index contributed by atoms with van der Waals surface area (Å²) < 4.78 is 19.4. The number of rotatable bonds is 4. The van der Waals surface area contributed by atoms with Gasteiger partial charge in [0.1, 0.15) is 5.60 Å². The lowest BCUT2D eigenvalue weighted by Gasteiger charge is -2.29. The van der Waals surface area contributed by atoms with Crippen LogP contribution in [0.3, 0.4) is 0 Å². The first-order chi connectivity index (χ1) is 11.0. The molecule has 1 aromatic heterocycles. The summed E-state index contributed by atoms with van der Waals surface area (Å²) in [6, 6.07) is 0.885. The van der Waals surface area contributed by atoms with Crippen LogP contribution in [0.4, 0.5) is 9.18 Å². The van der Waals surface area contributed by atoms with E-state index in [1.54, 1.807) is 34.7 Å². The highest BCUT2D eigenvalue weighted by molar-refractivity contribution is 6.29. The second-order valence-corrected chi connectivity index (χ2v) is 6.48. The van der Waals surface area contributed by atoms with Gasteiger partial charge in [-0.1, -0.05) is 11.6 Å². The molecule has 1 rings (SSSR count). The number of pyridine rings is 1. The van der Waals surface area contributed by atoms with Crippen LogP contribution in [0.25, 0.3) is 5.70 Å². The van der Waals surface area contributed by atoms with E-state index in [0.717, 1.165) is 5.01 Å². The average Bonchev–Trinajstić information content (AvgIpc) is 2.47. The molecule has 134 valence electrons. The number of hydrogen-bond donors (Lipinski definition) is 3. The molecule has 1 aromatic rings. The van der Waals surface area contributed by atoms with Gasteiger partial charge in [-0.15, -0.1) is 0 Å². The molecule has 0 aliphatic heterocycles. The summed E-state index contributed by atoms with van der Waals surface area (Å²) in [5.41, 5.74) is 5.41. The molecule has 0 aliphatic rings. The molecule has 0 spiro atoms. The van der Waals surface area contributed by atoms with Crippen molar-refractivity contribution in [1.82, 2.24) is 15.3 Å². The molecule has 1 atom stereocenters. The van der Waals surface area contributed by atoms with Crippen molar-refractivity contribution in [3.05, 3.63) is 34.5 Å². The molecule has 0 saturated heterocycles. The first-order valence-corrected chi connectivity index (χ1v) is 7.62. The van der Waals surface area contributed by atoms with Crippen molar-refractivity contribution < 1.29 is 13.9 Å². The van der Waals surface area contributed by atoms with E-state index in [1.807, 2.05) is 0 Å². The minimum atomic E-state index is -0.817. The Balaban J connectivity index is 3.39. The molecule has 0 aromatic carbocycles. The Morgan fingerprint density at radius 3 is 2.58 bits per heavy atom. The highest BCUT2D eigenvalue weighted by Crippen LogP contribution is 2.24. The first kappa shape index (κ1) is 20.1. The number of carbonyl (C=O) groups is 1. The maximum Gasteiger partial charge on any atom is 0.429 e. The lowest BCUT2D eigenvalue weighted by molar-refractivity contribution is 0.0301. The summed E-state index contributed by atoms with van der Waals surface area (Å²) in [6.45, 7) is 6.83. The molecule has 0 radical (unpaired) electrons. The molecule has 7 nitrogen and oxygen atoms in total. The van der Waals surface area contributed by atoms with Gasteiger partial charge in [0.05, 0.1) is 11.4 Å². The predicted molar refractivity (Wildman–Crippen MR) is 91.1 cm³/mol. The molecule has 0 saturated carbocycles. The third kappa shape index (κ3) is 4.80.